The maximum atomic E-state index is 10.7. The molecule has 8 radical (unpaired) electrons. The molecular formula is C38H23B4N3O. The number of nitrogens with zero attached hydrogens (tertiary/aromatic N) is 2. The van der Waals surface area contributed by atoms with Crippen molar-refractivity contribution in [1.82, 2.24) is 4.98 Å². The number of hydrogen-bond acceptors (Lipinski definition) is 4. The summed E-state index contributed by atoms with van der Waals surface area (Å²) in [5.41, 5.74) is 7.05. The van der Waals surface area contributed by atoms with Gasteiger partial charge >= 0.3 is 0 Å². The highest BCUT2D eigenvalue weighted by atomic mass is 16.3. The molecule has 7 aromatic rings. The molecule has 8 heteroatoms. The molecule has 0 aliphatic rings. The summed E-state index contributed by atoms with van der Waals surface area (Å²) in [6.45, 7) is 0. The summed E-state index contributed by atoms with van der Waals surface area (Å²) in [5.74, 6) is -0.274. The van der Waals surface area contributed by atoms with E-state index >= 15 is 0 Å². The highest BCUT2D eigenvalue weighted by Gasteiger charge is 2.16. The van der Waals surface area contributed by atoms with E-state index in [4.69, 9.17) is 36.4 Å². The molecule has 0 unspecified atom stereocenters. The maximum Gasteiger partial charge on any atom is 0.130 e. The van der Waals surface area contributed by atoms with Crippen LogP contribution in [0.2, 0.25) is 0 Å². The smallest absolute Gasteiger partial charge is 0.130 e. The van der Waals surface area contributed by atoms with Gasteiger partial charge in [-0.2, -0.15) is 0 Å². The number of para-hydroxylation sites is 2. The van der Waals surface area contributed by atoms with Gasteiger partial charge in [-0.3, -0.25) is 9.98 Å². The summed E-state index contributed by atoms with van der Waals surface area (Å²) in [5, 5.41) is 18.3. The Labute approximate surface area is 272 Å². The number of pyridine rings is 1. The fourth-order valence-corrected chi connectivity index (χ4v) is 5.88. The van der Waals surface area contributed by atoms with Crippen LogP contribution in [0.1, 0.15) is 5.56 Å². The number of benzene rings is 6. The molecule has 0 amide bonds. The Kier molecular flexibility index (Phi) is 7.71. The summed E-state index contributed by atoms with van der Waals surface area (Å²) in [6.07, 6.45) is 5.54. The minimum atomic E-state index is -0.274. The van der Waals surface area contributed by atoms with Crippen molar-refractivity contribution >= 4 is 98.1 Å². The molecule has 2 N–H and O–H groups in total. The van der Waals surface area contributed by atoms with Gasteiger partial charge in [0.15, 0.2) is 0 Å². The Morgan fingerprint density at radius 3 is 1.83 bits per heavy atom. The van der Waals surface area contributed by atoms with Gasteiger partial charge < -0.3 is 10.4 Å². The van der Waals surface area contributed by atoms with E-state index in [2.05, 4.69) is 77.0 Å². The van der Waals surface area contributed by atoms with Gasteiger partial charge in [-0.15, -0.1) is 10.9 Å². The Bertz CT molecular complexity index is 2200. The SMILES string of the molecule is [B]c1c([B])c([B])c(Nc2ccccc2N=Cc2c3ccccc3c(-c3ccc(-c4cccnc4)cc3)c3ccccc23)c(O)c1[B]. The van der Waals surface area contributed by atoms with E-state index in [-0.39, 0.29) is 33.3 Å². The summed E-state index contributed by atoms with van der Waals surface area (Å²) in [4.78, 5) is 9.21. The first-order chi connectivity index (χ1) is 22.4. The van der Waals surface area contributed by atoms with Gasteiger partial charge in [-0.25, -0.2) is 0 Å². The third kappa shape index (κ3) is 5.16. The molecule has 0 atom stereocenters. The van der Waals surface area contributed by atoms with Crippen molar-refractivity contribution in [3.63, 3.8) is 0 Å². The Hall–Kier alpha value is -5.48. The van der Waals surface area contributed by atoms with Crippen molar-refractivity contribution in [2.45, 2.75) is 0 Å². The van der Waals surface area contributed by atoms with Crippen molar-refractivity contribution in [3.05, 3.63) is 127 Å². The van der Waals surface area contributed by atoms with Crippen molar-refractivity contribution < 1.29 is 5.11 Å². The average Bonchev–Trinajstić information content (AvgIpc) is 3.11. The lowest BCUT2D eigenvalue weighted by Crippen LogP contribution is -2.48. The van der Waals surface area contributed by atoms with Crippen LogP contribution >= 0.6 is 0 Å². The highest BCUT2D eigenvalue weighted by molar-refractivity contribution is 6.64. The Balaban J connectivity index is 1.34. The molecule has 0 spiro atoms. The van der Waals surface area contributed by atoms with Crippen LogP contribution in [0, 0.1) is 0 Å². The highest BCUT2D eigenvalue weighted by Crippen LogP contribution is 2.40. The number of aliphatic imine (C=N–C) groups is 1. The van der Waals surface area contributed by atoms with Gasteiger partial charge in [-0.05, 0) is 62.0 Å². The Morgan fingerprint density at radius 2 is 1.17 bits per heavy atom. The zero-order valence-corrected chi connectivity index (χ0v) is 24.8. The quantitative estimate of drug-likeness (QED) is 0.125. The number of phenolic OH excluding ortho intramolecular Hbond substituents is 1. The lowest BCUT2D eigenvalue weighted by atomic mass is 9.66. The van der Waals surface area contributed by atoms with Crippen molar-refractivity contribution in [2.75, 3.05) is 5.32 Å². The summed E-state index contributed by atoms with van der Waals surface area (Å²) in [6, 6.07) is 36.9. The predicted molar refractivity (Wildman–Crippen MR) is 197 cm³/mol. The summed E-state index contributed by atoms with van der Waals surface area (Å²) >= 11 is 0. The first-order valence-corrected chi connectivity index (χ1v) is 14.7. The van der Waals surface area contributed by atoms with E-state index in [1.165, 1.54) is 0 Å². The molecule has 4 nitrogen and oxygen atoms in total. The second kappa shape index (κ2) is 12.1. The molecule has 208 valence electrons. The number of phenols is 1. The zero-order chi connectivity index (χ0) is 31.8. The topological polar surface area (TPSA) is 57.5 Å². The van der Waals surface area contributed by atoms with Gasteiger partial charge in [0, 0.05) is 24.2 Å². The van der Waals surface area contributed by atoms with E-state index in [1.807, 2.05) is 54.9 Å². The van der Waals surface area contributed by atoms with E-state index in [1.54, 1.807) is 6.20 Å². The molecule has 46 heavy (non-hydrogen) atoms. The van der Waals surface area contributed by atoms with Crippen LogP contribution in [0.5, 0.6) is 5.75 Å². The fraction of sp³-hybridized carbons (Fsp3) is 0. The van der Waals surface area contributed by atoms with Crippen LogP contribution < -0.4 is 27.2 Å². The van der Waals surface area contributed by atoms with E-state index in [0.29, 0.717) is 11.4 Å². The van der Waals surface area contributed by atoms with Gasteiger partial charge in [-0.1, -0.05) is 102 Å². The predicted octanol–water partition coefficient (Wildman–Crippen LogP) is 5.10. The molecule has 0 aliphatic heterocycles. The number of nitrogens with one attached hydrogen (secondary N) is 1. The van der Waals surface area contributed by atoms with Gasteiger partial charge in [0.1, 0.15) is 37.1 Å². The van der Waals surface area contributed by atoms with E-state index in [0.717, 1.165) is 49.4 Å². The molecule has 0 bridgehead atoms. The monoisotopic (exact) mass is 581 g/mol. The van der Waals surface area contributed by atoms with Crippen LogP contribution in [-0.2, 0) is 0 Å². The first-order valence-electron chi connectivity index (χ1n) is 14.7. The average molecular weight is 581 g/mol. The van der Waals surface area contributed by atoms with Crippen molar-refractivity contribution in [2.24, 2.45) is 4.99 Å². The van der Waals surface area contributed by atoms with Gasteiger partial charge in [0.2, 0.25) is 0 Å². The maximum absolute atomic E-state index is 10.7. The zero-order valence-electron chi connectivity index (χ0n) is 24.8. The van der Waals surface area contributed by atoms with Crippen LogP contribution in [0.4, 0.5) is 17.1 Å². The third-order valence-electron chi connectivity index (χ3n) is 8.27. The molecule has 0 saturated carbocycles. The number of fused-ring (bicyclic) bond motifs is 2. The van der Waals surface area contributed by atoms with E-state index < -0.39 is 0 Å². The number of rotatable bonds is 6. The number of hydrogen-bond donors (Lipinski definition) is 2. The van der Waals surface area contributed by atoms with Crippen LogP contribution in [0.3, 0.4) is 0 Å². The fourth-order valence-electron chi connectivity index (χ4n) is 5.88. The van der Waals surface area contributed by atoms with Gasteiger partial charge in [0.25, 0.3) is 0 Å². The number of anilines is 2. The van der Waals surface area contributed by atoms with Crippen LogP contribution in [0.15, 0.2) is 127 Å². The molecule has 0 fully saturated rings. The summed E-state index contributed by atoms with van der Waals surface area (Å²) in [7, 11) is 24.2. The van der Waals surface area contributed by atoms with Gasteiger partial charge in [0.05, 0.1) is 17.1 Å². The normalized spacial score (nSPS) is 11.4. The molecule has 0 saturated heterocycles. The third-order valence-corrected chi connectivity index (χ3v) is 8.27. The minimum Gasteiger partial charge on any atom is -0.506 e. The molecule has 1 heterocycles. The molecule has 1 aromatic heterocycles. The molecule has 0 aliphatic carbocycles. The summed E-state index contributed by atoms with van der Waals surface area (Å²) < 4.78 is 0. The molecule has 6 aromatic carbocycles. The second-order valence-electron chi connectivity index (χ2n) is 11.0. The lowest BCUT2D eigenvalue weighted by Gasteiger charge is -2.20. The molecule has 7 rings (SSSR count). The lowest BCUT2D eigenvalue weighted by molar-refractivity contribution is 0.483. The number of aromatic hydroxyl groups is 1. The van der Waals surface area contributed by atoms with Crippen molar-refractivity contribution in [3.8, 4) is 28.0 Å². The Morgan fingerprint density at radius 1 is 0.587 bits per heavy atom. The molecular weight excluding hydrogens is 558 g/mol. The largest absolute Gasteiger partial charge is 0.506 e. The standard InChI is InChI=1S/C38H23B4N3O/c39-33-34(40)36(42)38(46)37(35(33)41)45-31-14-6-5-13-30(31)44-21-29-25-9-1-3-11-27(25)32(28-12-4-2-10-26(28)29)23-17-15-22(16-18-23)24-8-7-19-43-20-24/h1-21,45-46H. The van der Waals surface area contributed by atoms with Crippen LogP contribution in [-0.4, -0.2) is 47.7 Å². The van der Waals surface area contributed by atoms with Crippen LogP contribution in [0.25, 0.3) is 43.8 Å². The van der Waals surface area contributed by atoms with Crippen molar-refractivity contribution in [1.29, 1.82) is 0 Å². The van der Waals surface area contributed by atoms with E-state index in [9.17, 15) is 5.11 Å². The minimum absolute atomic E-state index is 0.0403. The first kappa shape index (κ1) is 29.2. The number of aromatic nitrogens is 1. The second-order valence-corrected chi connectivity index (χ2v) is 11.0.